The summed E-state index contributed by atoms with van der Waals surface area (Å²) >= 11 is 0. The lowest BCUT2D eigenvalue weighted by Crippen LogP contribution is -2.65. The normalized spacial score (nSPS) is 44.3. The Balaban J connectivity index is 1.41. The van der Waals surface area contributed by atoms with Gasteiger partial charge in [-0.2, -0.15) is 0 Å². The van der Waals surface area contributed by atoms with Crippen molar-refractivity contribution >= 4 is 11.9 Å². The summed E-state index contributed by atoms with van der Waals surface area (Å²) < 4.78 is 18.3. The summed E-state index contributed by atoms with van der Waals surface area (Å²) in [5, 5.41) is 44.9. The van der Waals surface area contributed by atoms with Crippen molar-refractivity contribution in [2.45, 2.75) is 149 Å². The summed E-state index contributed by atoms with van der Waals surface area (Å²) in [5.74, 6) is 1.60. The molecule has 0 aromatic rings. The van der Waals surface area contributed by atoms with E-state index in [1.807, 2.05) is 0 Å². The molecule has 5 rings (SSSR count). The van der Waals surface area contributed by atoms with Gasteiger partial charge in [0.05, 0.1) is 25.4 Å². The number of hydrogen-bond acceptors (Lipinski definition) is 9. The fourth-order valence-electron chi connectivity index (χ4n) is 10.8. The van der Waals surface area contributed by atoms with Crippen LogP contribution in [0.15, 0.2) is 11.6 Å². The minimum absolute atomic E-state index is 0.0111. The van der Waals surface area contributed by atoms with Crippen molar-refractivity contribution in [1.82, 2.24) is 5.32 Å². The molecule has 1 heterocycles. The Morgan fingerprint density at radius 2 is 1.83 bits per heavy atom. The summed E-state index contributed by atoms with van der Waals surface area (Å²) in [4.78, 5) is 23.5. The molecule has 1 saturated heterocycles. The van der Waals surface area contributed by atoms with Gasteiger partial charge in [0, 0.05) is 13.8 Å². The molecule has 1 amide bonds. The molecular weight excluding hydrogens is 602 g/mol. The number of nitrogens with one attached hydrogen (secondary N) is 1. The Morgan fingerprint density at radius 1 is 1.09 bits per heavy atom. The second-order valence-corrected chi connectivity index (χ2v) is 16.4. The van der Waals surface area contributed by atoms with Crippen LogP contribution in [-0.4, -0.2) is 88.4 Å². The van der Waals surface area contributed by atoms with Crippen LogP contribution in [0.3, 0.4) is 0 Å². The molecule has 4 aliphatic carbocycles. The maximum Gasteiger partial charge on any atom is 0.302 e. The van der Waals surface area contributed by atoms with Gasteiger partial charge in [-0.15, -0.1) is 0 Å². The molecule has 0 aromatic carbocycles. The van der Waals surface area contributed by atoms with Crippen molar-refractivity contribution in [2.24, 2.45) is 46.3 Å². The molecule has 10 nitrogen and oxygen atoms in total. The highest BCUT2D eigenvalue weighted by Gasteiger charge is 2.63. The van der Waals surface area contributed by atoms with Crippen molar-refractivity contribution in [3.8, 4) is 0 Å². The topological polar surface area (TPSA) is 155 Å². The first-order chi connectivity index (χ1) is 22.2. The third kappa shape index (κ3) is 7.34. The number of carbonyl (C=O) groups is 2. The second kappa shape index (κ2) is 14.7. The van der Waals surface area contributed by atoms with E-state index in [-0.39, 0.29) is 40.8 Å². The zero-order valence-electron chi connectivity index (χ0n) is 29.4. The highest BCUT2D eigenvalue weighted by molar-refractivity contribution is 5.73. The molecule has 5 unspecified atom stereocenters. The Bertz CT molecular complexity index is 1150. The van der Waals surface area contributed by atoms with Crippen LogP contribution in [0, 0.1) is 46.3 Å². The van der Waals surface area contributed by atoms with Gasteiger partial charge in [0.1, 0.15) is 24.4 Å². The molecule has 15 atom stereocenters. The first-order valence-corrected chi connectivity index (χ1v) is 18.3. The molecule has 10 heteroatoms. The van der Waals surface area contributed by atoms with Gasteiger partial charge in [-0.3, -0.25) is 9.59 Å². The lowest BCUT2D eigenvalue weighted by molar-refractivity contribution is -0.289. The molecule has 5 N–H and O–H groups in total. The third-order valence-electron chi connectivity index (χ3n) is 13.3. The molecule has 0 aromatic heterocycles. The van der Waals surface area contributed by atoms with Crippen molar-refractivity contribution in [3.05, 3.63) is 11.6 Å². The first kappa shape index (κ1) is 36.7. The number of rotatable bonds is 11. The van der Waals surface area contributed by atoms with Gasteiger partial charge in [0.2, 0.25) is 5.91 Å². The standard InChI is InChI=1S/C37H61NO9/c1-20(19-45-23(4)41)8-7-9-21(2)28-17-29(46-35-32(38-22(3)40)34(44)33(43)30(18-39)47-35)31-26-11-10-24-16-25(42)12-14-36(24,5)27(26)13-15-37(28,31)6/h10,20-21,25-35,39,42-44H,7-9,11-19H2,1-6H3,(H,38,40)/t20-,21-,25+,26-,27+,28-,29+,30?,31-,32?,33?,34?,35?,36+,37-/m1/s1. The minimum atomic E-state index is -1.36. The predicted octanol–water partition coefficient (Wildman–Crippen LogP) is 3.87. The number of aliphatic hydroxyl groups is 4. The first-order valence-electron chi connectivity index (χ1n) is 18.3. The van der Waals surface area contributed by atoms with Gasteiger partial charge in [-0.1, -0.05) is 52.2 Å². The fraction of sp³-hybridized carbons (Fsp3) is 0.892. The van der Waals surface area contributed by atoms with E-state index < -0.39 is 37.3 Å². The van der Waals surface area contributed by atoms with Crippen molar-refractivity contribution in [1.29, 1.82) is 0 Å². The van der Waals surface area contributed by atoms with Crippen LogP contribution in [0.2, 0.25) is 0 Å². The number of fused-ring (bicyclic) bond motifs is 5. The third-order valence-corrected chi connectivity index (χ3v) is 13.3. The number of carbonyl (C=O) groups excluding carboxylic acids is 2. The van der Waals surface area contributed by atoms with Crippen LogP contribution in [-0.2, 0) is 23.8 Å². The van der Waals surface area contributed by atoms with E-state index in [1.165, 1.54) is 19.4 Å². The zero-order chi connectivity index (χ0) is 34.3. The lowest BCUT2D eigenvalue weighted by Gasteiger charge is -2.59. The molecular formula is C37H61NO9. The van der Waals surface area contributed by atoms with Crippen LogP contribution in [0.4, 0.5) is 0 Å². The largest absolute Gasteiger partial charge is 0.466 e. The average Bonchev–Trinajstić information content (AvgIpc) is 3.31. The fourth-order valence-corrected chi connectivity index (χ4v) is 10.8. The molecule has 5 aliphatic rings. The second-order valence-electron chi connectivity index (χ2n) is 16.4. The van der Waals surface area contributed by atoms with Crippen molar-refractivity contribution in [2.75, 3.05) is 13.2 Å². The van der Waals surface area contributed by atoms with Gasteiger partial charge in [0.15, 0.2) is 6.29 Å². The van der Waals surface area contributed by atoms with E-state index in [9.17, 15) is 30.0 Å². The van der Waals surface area contributed by atoms with Crippen LogP contribution in [0.5, 0.6) is 0 Å². The van der Waals surface area contributed by atoms with E-state index in [2.05, 4.69) is 39.1 Å². The quantitative estimate of drug-likeness (QED) is 0.164. The molecule has 268 valence electrons. The van der Waals surface area contributed by atoms with Crippen LogP contribution in [0.1, 0.15) is 106 Å². The maximum atomic E-state index is 12.2. The molecule has 3 saturated carbocycles. The number of esters is 1. The maximum absolute atomic E-state index is 12.2. The van der Waals surface area contributed by atoms with Crippen molar-refractivity contribution < 1.29 is 44.2 Å². The lowest BCUT2D eigenvalue weighted by atomic mass is 9.46. The Labute approximate surface area is 281 Å². The van der Waals surface area contributed by atoms with Gasteiger partial charge in [-0.05, 0) is 97.7 Å². The van der Waals surface area contributed by atoms with Gasteiger partial charge >= 0.3 is 5.97 Å². The number of ether oxygens (including phenoxy) is 3. The van der Waals surface area contributed by atoms with E-state index >= 15 is 0 Å². The molecule has 0 bridgehead atoms. The van der Waals surface area contributed by atoms with Gasteiger partial charge < -0.3 is 40.0 Å². The van der Waals surface area contributed by atoms with Crippen LogP contribution >= 0.6 is 0 Å². The Morgan fingerprint density at radius 3 is 2.51 bits per heavy atom. The SMILES string of the molecule is CC(=O)NC1C(O[C@H]2C[C@H]([C@H](C)CCC[C@@H](C)COC(C)=O)[C@@]3(C)CC[C@H]4[C@@H](CC=C5C[C@@H](O)CC[C@@]54C)[C@H]23)OC(CO)C(O)C1O. The van der Waals surface area contributed by atoms with Crippen LogP contribution < -0.4 is 5.32 Å². The summed E-state index contributed by atoms with van der Waals surface area (Å²) in [6.07, 6.45) is 6.86. The van der Waals surface area contributed by atoms with Crippen LogP contribution in [0.25, 0.3) is 0 Å². The number of aliphatic hydroxyl groups excluding tert-OH is 4. The average molecular weight is 664 g/mol. The van der Waals surface area contributed by atoms with Gasteiger partial charge in [-0.25, -0.2) is 0 Å². The predicted molar refractivity (Wildman–Crippen MR) is 176 cm³/mol. The number of allylic oxidation sites excluding steroid dienone is 1. The highest BCUT2D eigenvalue weighted by Crippen LogP contribution is 2.68. The minimum Gasteiger partial charge on any atom is -0.466 e. The monoisotopic (exact) mass is 663 g/mol. The number of hydrogen-bond donors (Lipinski definition) is 5. The summed E-state index contributed by atoms with van der Waals surface area (Å²) in [7, 11) is 0. The zero-order valence-corrected chi connectivity index (χ0v) is 29.4. The Kier molecular flexibility index (Phi) is 11.5. The van der Waals surface area contributed by atoms with E-state index in [4.69, 9.17) is 14.2 Å². The Hall–Kier alpha value is -1.56. The van der Waals surface area contributed by atoms with E-state index in [0.717, 1.165) is 64.2 Å². The molecule has 0 radical (unpaired) electrons. The molecule has 47 heavy (non-hydrogen) atoms. The summed E-state index contributed by atoms with van der Waals surface area (Å²) in [5.41, 5.74) is 1.48. The van der Waals surface area contributed by atoms with Crippen molar-refractivity contribution in [3.63, 3.8) is 0 Å². The smallest absolute Gasteiger partial charge is 0.302 e. The summed E-state index contributed by atoms with van der Waals surface area (Å²) in [6, 6.07) is -0.971. The van der Waals surface area contributed by atoms with E-state index in [1.54, 1.807) is 0 Å². The van der Waals surface area contributed by atoms with Gasteiger partial charge in [0.25, 0.3) is 0 Å². The number of amides is 1. The molecule has 4 fully saturated rings. The summed E-state index contributed by atoms with van der Waals surface area (Å²) in [6.45, 7) is 12.1. The van der Waals surface area contributed by atoms with E-state index in [0.29, 0.717) is 36.2 Å². The highest BCUT2D eigenvalue weighted by atomic mass is 16.7. The molecule has 0 spiro atoms. The molecule has 1 aliphatic heterocycles.